The Kier molecular flexibility index (Phi) is 4.07. The van der Waals surface area contributed by atoms with Gasteiger partial charge in [-0.15, -0.1) is 0 Å². The van der Waals surface area contributed by atoms with Crippen LogP contribution >= 0.6 is 0 Å². The summed E-state index contributed by atoms with van der Waals surface area (Å²) in [5.74, 6) is -0.838. The maximum Gasteiger partial charge on any atom is 0.314 e. The number of aromatic nitrogens is 2. The highest BCUT2D eigenvalue weighted by molar-refractivity contribution is 6.23. The van der Waals surface area contributed by atoms with Gasteiger partial charge in [-0.2, -0.15) is 0 Å². The largest absolute Gasteiger partial charge is 0.322 e. The van der Waals surface area contributed by atoms with Crippen molar-refractivity contribution in [2.24, 2.45) is 0 Å². The fraction of sp³-hybridized carbons (Fsp3) is 0.200. The van der Waals surface area contributed by atoms with Gasteiger partial charge in [0.05, 0.1) is 16.6 Å². The quantitative estimate of drug-likeness (QED) is 0.341. The van der Waals surface area contributed by atoms with E-state index >= 15 is 0 Å². The molecule has 7 nitrogen and oxygen atoms in total. The molecule has 0 atom stereocenters. The van der Waals surface area contributed by atoms with Gasteiger partial charge in [0.15, 0.2) is 5.78 Å². The summed E-state index contributed by atoms with van der Waals surface area (Å²) in [6.07, 6.45) is 0. The Morgan fingerprint density at radius 3 is 2.09 bits per heavy atom. The first kappa shape index (κ1) is 15.4. The van der Waals surface area contributed by atoms with Gasteiger partial charge in [0.2, 0.25) is 0 Å². The minimum atomic E-state index is -0.773. The van der Waals surface area contributed by atoms with Crippen molar-refractivity contribution in [3.63, 3.8) is 0 Å². The molecule has 3 N–H and O–H groups in total. The number of aromatic amines is 2. The van der Waals surface area contributed by atoms with Crippen molar-refractivity contribution in [1.29, 1.82) is 0 Å². The number of benzene rings is 1. The average Bonchev–Trinajstić information content (AvgIpc) is 2.39. The van der Waals surface area contributed by atoms with Crippen LogP contribution < -0.4 is 16.4 Å². The molecule has 0 saturated heterocycles. The number of hydrogen-bond acceptors (Lipinski definition) is 4. The molecule has 1 amide bonds. The Morgan fingerprint density at radius 2 is 1.55 bits per heavy atom. The van der Waals surface area contributed by atoms with E-state index in [9.17, 15) is 19.2 Å². The van der Waals surface area contributed by atoms with Crippen molar-refractivity contribution in [2.75, 3.05) is 5.32 Å². The van der Waals surface area contributed by atoms with Crippen LogP contribution in [0.3, 0.4) is 0 Å². The summed E-state index contributed by atoms with van der Waals surface area (Å²) in [6, 6.07) is 4.63. The van der Waals surface area contributed by atoms with Crippen molar-refractivity contribution in [3.8, 4) is 0 Å². The molecule has 2 rings (SSSR count). The number of amides is 1. The topological polar surface area (TPSA) is 112 Å². The highest BCUT2D eigenvalue weighted by atomic mass is 16.2. The molecular formula is C15H15N3O4. The summed E-state index contributed by atoms with van der Waals surface area (Å²) in [5, 5.41) is 2.60. The lowest BCUT2D eigenvalue weighted by molar-refractivity contribution is -0.119. The summed E-state index contributed by atoms with van der Waals surface area (Å²) in [4.78, 5) is 51.0. The highest BCUT2D eigenvalue weighted by Crippen LogP contribution is 2.16. The number of Topliss-reactive ketones (excluding diaryl/α,β-unsaturated/α-hetero) is 1. The number of carbonyl (C=O) groups is 2. The molecule has 0 radical (unpaired) electrons. The zero-order valence-corrected chi connectivity index (χ0v) is 12.4. The van der Waals surface area contributed by atoms with Crippen LogP contribution in [0.5, 0.6) is 0 Å². The van der Waals surface area contributed by atoms with Gasteiger partial charge in [-0.05, 0) is 39.0 Å². The third kappa shape index (κ3) is 3.03. The lowest BCUT2D eigenvalue weighted by Gasteiger charge is -2.09. The van der Waals surface area contributed by atoms with Crippen LogP contribution in [0.1, 0.15) is 20.8 Å². The first-order chi connectivity index (χ1) is 10.3. The number of nitrogens with one attached hydrogen (secondary N) is 3. The van der Waals surface area contributed by atoms with E-state index in [0.29, 0.717) is 22.3 Å². The van der Waals surface area contributed by atoms with E-state index in [4.69, 9.17) is 0 Å². The molecule has 1 heterocycles. The summed E-state index contributed by atoms with van der Waals surface area (Å²) < 4.78 is 0. The average molecular weight is 301 g/mol. The molecule has 2 aromatic rings. The van der Waals surface area contributed by atoms with E-state index < -0.39 is 17.0 Å². The monoisotopic (exact) mass is 301 g/mol. The van der Waals surface area contributed by atoms with Gasteiger partial charge in [-0.3, -0.25) is 19.2 Å². The van der Waals surface area contributed by atoms with Gasteiger partial charge in [0.25, 0.3) is 5.91 Å². The lowest BCUT2D eigenvalue weighted by atomic mass is 10.1. The Labute approximate surface area is 125 Å². The van der Waals surface area contributed by atoms with Crippen LogP contribution in [0, 0.1) is 0 Å². The van der Waals surface area contributed by atoms with Crippen LogP contribution in [0.25, 0.3) is 11.0 Å². The zero-order chi connectivity index (χ0) is 16.4. The van der Waals surface area contributed by atoms with Crippen molar-refractivity contribution in [1.82, 2.24) is 9.97 Å². The molecule has 0 aliphatic heterocycles. The van der Waals surface area contributed by atoms with E-state index in [-0.39, 0.29) is 11.4 Å². The van der Waals surface area contributed by atoms with Crippen molar-refractivity contribution >= 4 is 28.4 Å². The molecule has 114 valence electrons. The van der Waals surface area contributed by atoms with Gasteiger partial charge in [-0.25, -0.2) is 0 Å². The van der Waals surface area contributed by atoms with Gasteiger partial charge >= 0.3 is 11.1 Å². The molecular weight excluding hydrogens is 286 g/mol. The van der Waals surface area contributed by atoms with E-state index in [2.05, 4.69) is 15.3 Å². The summed E-state index contributed by atoms with van der Waals surface area (Å²) >= 11 is 0. The molecule has 0 aliphatic rings. The van der Waals surface area contributed by atoms with E-state index in [1.165, 1.54) is 13.0 Å². The maximum atomic E-state index is 12.1. The van der Waals surface area contributed by atoms with Crippen LogP contribution in [0.4, 0.5) is 5.69 Å². The van der Waals surface area contributed by atoms with Gasteiger partial charge in [0, 0.05) is 5.69 Å². The third-order valence-electron chi connectivity index (χ3n) is 3.06. The van der Waals surface area contributed by atoms with E-state index in [1.54, 1.807) is 26.0 Å². The molecule has 1 aromatic carbocycles. The number of hydrogen-bond donors (Lipinski definition) is 3. The predicted octanol–water partition coefficient (Wildman–Crippen LogP) is 1.08. The number of ketones is 1. The minimum Gasteiger partial charge on any atom is -0.322 e. The molecule has 0 spiro atoms. The molecule has 0 saturated carbocycles. The normalized spacial score (nSPS) is 10.3. The molecule has 1 aromatic heterocycles. The summed E-state index contributed by atoms with van der Waals surface area (Å²) in [5.41, 5.74) is 0.414. The second kappa shape index (κ2) is 5.80. The van der Waals surface area contributed by atoms with Gasteiger partial charge < -0.3 is 15.3 Å². The fourth-order valence-electron chi connectivity index (χ4n) is 2.13. The Bertz CT molecular complexity index is 914. The van der Waals surface area contributed by atoms with E-state index in [1.807, 2.05) is 0 Å². The van der Waals surface area contributed by atoms with E-state index in [0.717, 1.165) is 0 Å². The SMILES string of the molecule is CC(=O)C(C(=O)Nc1ccc2[nH]c(=O)c(=O)[nH]c2c1)=C(C)C. The number of carbonyl (C=O) groups excluding carboxylic acids is 2. The number of allylic oxidation sites excluding steroid dienone is 1. The fourth-order valence-corrected chi connectivity index (χ4v) is 2.13. The smallest absolute Gasteiger partial charge is 0.314 e. The van der Waals surface area contributed by atoms with Crippen LogP contribution in [0.2, 0.25) is 0 Å². The second-order valence-corrected chi connectivity index (χ2v) is 5.05. The highest BCUT2D eigenvalue weighted by Gasteiger charge is 2.16. The van der Waals surface area contributed by atoms with Crippen molar-refractivity contribution in [2.45, 2.75) is 20.8 Å². The summed E-state index contributed by atoms with van der Waals surface area (Å²) in [7, 11) is 0. The number of anilines is 1. The maximum absolute atomic E-state index is 12.1. The molecule has 0 unspecified atom stereocenters. The lowest BCUT2D eigenvalue weighted by Crippen LogP contribution is -2.29. The van der Waals surface area contributed by atoms with Gasteiger partial charge in [-0.1, -0.05) is 5.57 Å². The Balaban J connectivity index is 2.41. The first-order valence-electron chi connectivity index (χ1n) is 6.55. The number of rotatable bonds is 3. The molecule has 0 bridgehead atoms. The molecule has 22 heavy (non-hydrogen) atoms. The van der Waals surface area contributed by atoms with Crippen molar-refractivity contribution < 1.29 is 9.59 Å². The first-order valence-corrected chi connectivity index (χ1v) is 6.55. The van der Waals surface area contributed by atoms with Crippen LogP contribution in [-0.2, 0) is 9.59 Å². The number of H-pyrrole nitrogens is 2. The molecule has 0 aliphatic carbocycles. The standard InChI is InChI=1S/C15H15N3O4/c1-7(2)12(8(3)19)13(20)16-9-4-5-10-11(6-9)18-15(22)14(21)17-10/h4-6H,1-3H3,(H,16,20)(H,17,21)(H,18,22). The van der Waals surface area contributed by atoms with Gasteiger partial charge in [0.1, 0.15) is 0 Å². The predicted molar refractivity (Wildman–Crippen MR) is 82.9 cm³/mol. The summed E-state index contributed by atoms with van der Waals surface area (Å²) in [6.45, 7) is 4.68. The zero-order valence-electron chi connectivity index (χ0n) is 12.4. The Morgan fingerprint density at radius 1 is 0.955 bits per heavy atom. The number of fused-ring (bicyclic) bond motifs is 1. The second-order valence-electron chi connectivity index (χ2n) is 5.05. The Hall–Kier alpha value is -2.96. The van der Waals surface area contributed by atoms with Crippen LogP contribution in [0.15, 0.2) is 38.9 Å². The molecule has 7 heteroatoms. The molecule has 0 fully saturated rings. The van der Waals surface area contributed by atoms with Crippen LogP contribution in [-0.4, -0.2) is 21.7 Å². The van der Waals surface area contributed by atoms with Crippen molar-refractivity contribution in [3.05, 3.63) is 50.1 Å². The third-order valence-corrected chi connectivity index (χ3v) is 3.06. The minimum absolute atomic E-state index is 0.0926.